The summed E-state index contributed by atoms with van der Waals surface area (Å²) in [4.78, 5) is 20.6. The summed E-state index contributed by atoms with van der Waals surface area (Å²) < 4.78 is 0. The fourth-order valence-electron chi connectivity index (χ4n) is 1.25. The molecule has 0 aliphatic carbocycles. The number of amides is 1. The molecule has 0 radical (unpaired) electrons. The summed E-state index contributed by atoms with van der Waals surface area (Å²) in [5.74, 6) is -1.37. The lowest BCUT2D eigenvalue weighted by Gasteiger charge is -2.07. The molecule has 0 bridgehead atoms. The summed E-state index contributed by atoms with van der Waals surface area (Å²) >= 11 is 0. The molecule has 1 unspecified atom stereocenters. The molecule has 0 saturated heterocycles. The molecule has 0 spiro atoms. The van der Waals surface area contributed by atoms with Gasteiger partial charge in [-0.3, -0.25) is 9.59 Å². The second kappa shape index (κ2) is 9.06. The quantitative estimate of drug-likeness (QED) is 0.607. The highest BCUT2D eigenvalue weighted by Crippen LogP contribution is 2.00. The molecule has 0 saturated carbocycles. The number of rotatable bonds is 5. The summed E-state index contributed by atoms with van der Waals surface area (Å²) in [5.41, 5.74) is 16.7. The molecule has 1 aromatic carbocycles. The maximum absolute atomic E-state index is 10.6. The Hall–Kier alpha value is -1.92. The van der Waals surface area contributed by atoms with E-state index in [0.29, 0.717) is 6.42 Å². The maximum Gasteiger partial charge on any atom is 0.320 e. The van der Waals surface area contributed by atoms with E-state index in [2.05, 4.69) is 0 Å². The summed E-state index contributed by atoms with van der Waals surface area (Å²) in [7, 11) is 0. The third-order valence-electron chi connectivity index (χ3n) is 2.67. The van der Waals surface area contributed by atoms with E-state index in [9.17, 15) is 9.59 Å². The number of hydrogen-bond acceptors (Lipinski definition) is 4. The van der Waals surface area contributed by atoms with E-state index in [4.69, 9.17) is 22.3 Å². The van der Waals surface area contributed by atoms with E-state index in [1.54, 1.807) is 13.8 Å². The molecule has 6 heteroatoms. The van der Waals surface area contributed by atoms with Crippen LogP contribution in [0.1, 0.15) is 19.4 Å². The third kappa shape index (κ3) is 7.50. The number of carbonyl (C=O) groups is 2. The molecular weight excluding hydrogens is 258 g/mol. The minimum Gasteiger partial charge on any atom is -0.480 e. The van der Waals surface area contributed by atoms with Crippen molar-refractivity contribution < 1.29 is 14.7 Å². The van der Waals surface area contributed by atoms with Gasteiger partial charge in [0, 0.05) is 0 Å². The molecule has 0 aliphatic heterocycles. The Morgan fingerprint density at radius 3 is 1.95 bits per heavy atom. The van der Waals surface area contributed by atoms with Crippen LogP contribution in [-0.2, 0) is 16.0 Å². The Labute approximate surface area is 118 Å². The highest BCUT2D eigenvalue weighted by Gasteiger charge is 2.14. The van der Waals surface area contributed by atoms with Crippen molar-refractivity contribution in [2.75, 3.05) is 0 Å². The highest BCUT2D eigenvalue weighted by molar-refractivity contribution is 5.79. The lowest BCUT2D eigenvalue weighted by atomic mass is 10.1. The Kier molecular flexibility index (Phi) is 8.19. The molecular formula is C14H23N3O3. The van der Waals surface area contributed by atoms with E-state index >= 15 is 0 Å². The van der Waals surface area contributed by atoms with Crippen molar-refractivity contribution in [3.8, 4) is 0 Å². The van der Waals surface area contributed by atoms with Crippen LogP contribution in [0.4, 0.5) is 0 Å². The number of carboxylic acid groups (broad SMARTS) is 1. The van der Waals surface area contributed by atoms with Gasteiger partial charge in [-0.05, 0) is 17.9 Å². The van der Waals surface area contributed by atoms with E-state index in [1.165, 1.54) is 0 Å². The van der Waals surface area contributed by atoms with Crippen LogP contribution < -0.4 is 17.2 Å². The first-order chi connectivity index (χ1) is 9.25. The minimum atomic E-state index is -0.931. The van der Waals surface area contributed by atoms with Crippen LogP contribution in [-0.4, -0.2) is 29.1 Å². The molecule has 2 atom stereocenters. The molecule has 1 rings (SSSR count). The van der Waals surface area contributed by atoms with Gasteiger partial charge in [-0.15, -0.1) is 0 Å². The first-order valence-corrected chi connectivity index (χ1v) is 6.33. The number of carboxylic acids is 1. The third-order valence-corrected chi connectivity index (χ3v) is 2.67. The zero-order chi connectivity index (χ0) is 15.7. The topological polar surface area (TPSA) is 132 Å². The Bertz CT molecular complexity index is 421. The molecule has 7 N–H and O–H groups in total. The Morgan fingerprint density at radius 1 is 1.15 bits per heavy atom. The van der Waals surface area contributed by atoms with E-state index in [1.807, 2.05) is 30.3 Å². The summed E-state index contributed by atoms with van der Waals surface area (Å²) in [5, 5.41) is 8.23. The second-order valence-electron chi connectivity index (χ2n) is 4.81. The number of hydrogen-bond donors (Lipinski definition) is 4. The average molecular weight is 281 g/mol. The van der Waals surface area contributed by atoms with Gasteiger partial charge in [0.05, 0.1) is 6.04 Å². The molecule has 1 aromatic rings. The van der Waals surface area contributed by atoms with Crippen molar-refractivity contribution in [3.05, 3.63) is 35.9 Å². The number of nitrogens with two attached hydrogens (primary N) is 3. The van der Waals surface area contributed by atoms with Crippen LogP contribution in [0.3, 0.4) is 0 Å². The first-order valence-electron chi connectivity index (χ1n) is 6.33. The van der Waals surface area contributed by atoms with Crippen LogP contribution in [0.2, 0.25) is 0 Å². The van der Waals surface area contributed by atoms with Gasteiger partial charge in [-0.25, -0.2) is 0 Å². The van der Waals surface area contributed by atoms with E-state index in [-0.39, 0.29) is 5.92 Å². The fourth-order valence-corrected chi connectivity index (χ4v) is 1.25. The van der Waals surface area contributed by atoms with Crippen LogP contribution in [0, 0.1) is 5.92 Å². The molecule has 6 nitrogen and oxygen atoms in total. The van der Waals surface area contributed by atoms with Gasteiger partial charge in [0.15, 0.2) is 0 Å². The van der Waals surface area contributed by atoms with Crippen molar-refractivity contribution in [2.45, 2.75) is 32.4 Å². The van der Waals surface area contributed by atoms with E-state index in [0.717, 1.165) is 5.56 Å². The number of primary amides is 1. The SMILES string of the molecule is CC(C)[C@H](N)C(=O)O.NC(=O)C(N)Cc1ccccc1. The lowest BCUT2D eigenvalue weighted by molar-refractivity contribution is -0.139. The normalized spacial score (nSPS) is 13.1. The smallest absolute Gasteiger partial charge is 0.320 e. The largest absolute Gasteiger partial charge is 0.480 e. The van der Waals surface area contributed by atoms with Crippen molar-refractivity contribution in [3.63, 3.8) is 0 Å². The predicted octanol–water partition coefficient (Wildman–Crippen LogP) is 0.0960. The van der Waals surface area contributed by atoms with E-state index < -0.39 is 24.0 Å². The summed E-state index contributed by atoms with van der Waals surface area (Å²) in [6.45, 7) is 3.55. The zero-order valence-electron chi connectivity index (χ0n) is 11.8. The molecule has 0 fully saturated rings. The minimum absolute atomic E-state index is 0.0208. The summed E-state index contributed by atoms with van der Waals surface area (Å²) in [6.07, 6.45) is 0.510. The molecule has 0 aliphatic rings. The Morgan fingerprint density at radius 2 is 1.65 bits per heavy atom. The van der Waals surface area contributed by atoms with Crippen LogP contribution in [0.25, 0.3) is 0 Å². The monoisotopic (exact) mass is 281 g/mol. The van der Waals surface area contributed by atoms with Crippen molar-refractivity contribution >= 4 is 11.9 Å². The number of benzene rings is 1. The number of aliphatic carboxylic acids is 1. The van der Waals surface area contributed by atoms with Crippen molar-refractivity contribution in [1.82, 2.24) is 0 Å². The second-order valence-corrected chi connectivity index (χ2v) is 4.81. The molecule has 0 aromatic heterocycles. The summed E-state index contributed by atoms with van der Waals surface area (Å²) in [6, 6.07) is 8.28. The average Bonchev–Trinajstić information content (AvgIpc) is 2.39. The predicted molar refractivity (Wildman–Crippen MR) is 77.8 cm³/mol. The zero-order valence-corrected chi connectivity index (χ0v) is 11.8. The standard InChI is InChI=1S/C9H12N2O.C5H11NO2/c10-8(9(11)12)6-7-4-2-1-3-5-7;1-3(2)4(6)5(7)8/h1-5,8H,6,10H2,(H2,11,12);3-4H,6H2,1-2H3,(H,7,8)/t;4-/m.0/s1. The molecule has 0 heterocycles. The molecule has 1 amide bonds. The van der Waals surface area contributed by atoms with Crippen molar-refractivity contribution in [2.24, 2.45) is 23.1 Å². The van der Waals surface area contributed by atoms with Gasteiger partial charge in [0.1, 0.15) is 6.04 Å². The number of carbonyl (C=O) groups excluding carboxylic acids is 1. The van der Waals surface area contributed by atoms with Gasteiger partial charge in [0.25, 0.3) is 0 Å². The van der Waals surface area contributed by atoms with Crippen LogP contribution in [0.15, 0.2) is 30.3 Å². The van der Waals surface area contributed by atoms with Gasteiger partial charge < -0.3 is 22.3 Å². The van der Waals surface area contributed by atoms with Gasteiger partial charge in [0.2, 0.25) is 5.91 Å². The Balaban J connectivity index is 0.000000396. The van der Waals surface area contributed by atoms with Crippen LogP contribution >= 0.6 is 0 Å². The van der Waals surface area contributed by atoms with Gasteiger partial charge in [-0.2, -0.15) is 0 Å². The fraction of sp³-hybridized carbons (Fsp3) is 0.429. The van der Waals surface area contributed by atoms with Crippen molar-refractivity contribution in [1.29, 1.82) is 0 Å². The maximum atomic E-state index is 10.6. The van der Waals surface area contributed by atoms with Gasteiger partial charge in [-0.1, -0.05) is 44.2 Å². The molecule has 20 heavy (non-hydrogen) atoms. The first kappa shape index (κ1) is 18.1. The van der Waals surface area contributed by atoms with Gasteiger partial charge >= 0.3 is 5.97 Å². The lowest BCUT2D eigenvalue weighted by Crippen LogP contribution is -2.38. The van der Waals surface area contributed by atoms with Crippen LogP contribution in [0.5, 0.6) is 0 Å². The molecule has 112 valence electrons. The highest BCUT2D eigenvalue weighted by atomic mass is 16.4.